The van der Waals surface area contributed by atoms with E-state index in [0.29, 0.717) is 25.9 Å². The highest BCUT2D eigenvalue weighted by atomic mass is 16.5. The van der Waals surface area contributed by atoms with Gasteiger partial charge in [0.25, 0.3) is 0 Å². The Labute approximate surface area is 214 Å². The molecule has 0 spiro atoms. The summed E-state index contributed by atoms with van der Waals surface area (Å²) >= 11 is 0. The standard InChI is InChI=1S/C30H38N2O4/c1-5-6-16-31-26(33)17-23-18-30(28(35)36-4)20-29(2,3)15-14-25(30)32(27(23)34)19-22-12-9-11-21-10-7-8-13-24(21)22/h7-14,23H,5-6,15-20H2,1-4H3,(H,31,33)/t23-,30-/m1/s1. The van der Waals surface area contributed by atoms with E-state index in [4.69, 9.17) is 4.74 Å². The minimum Gasteiger partial charge on any atom is -0.468 e. The average molecular weight is 491 g/mol. The van der Waals surface area contributed by atoms with Gasteiger partial charge in [0, 0.05) is 24.6 Å². The van der Waals surface area contributed by atoms with Crippen LogP contribution in [0.15, 0.2) is 54.2 Å². The van der Waals surface area contributed by atoms with E-state index >= 15 is 0 Å². The maximum Gasteiger partial charge on any atom is 0.317 e. The van der Waals surface area contributed by atoms with Gasteiger partial charge in [-0.15, -0.1) is 0 Å². The number of unbranched alkanes of at least 4 members (excludes halogenated alkanes) is 1. The third-order valence-electron chi connectivity index (χ3n) is 7.69. The highest BCUT2D eigenvalue weighted by molar-refractivity contribution is 5.93. The first-order valence-corrected chi connectivity index (χ1v) is 13.0. The van der Waals surface area contributed by atoms with Crippen LogP contribution in [0, 0.1) is 16.7 Å². The third-order valence-corrected chi connectivity index (χ3v) is 7.69. The maximum atomic E-state index is 14.0. The number of carbonyl (C=O) groups excluding carboxylic acids is 3. The largest absolute Gasteiger partial charge is 0.468 e. The smallest absolute Gasteiger partial charge is 0.317 e. The Hall–Kier alpha value is -3.15. The average Bonchev–Trinajstić information content (AvgIpc) is 2.85. The van der Waals surface area contributed by atoms with Crippen molar-refractivity contribution >= 4 is 28.6 Å². The molecular weight excluding hydrogens is 452 g/mol. The van der Waals surface area contributed by atoms with Crippen molar-refractivity contribution in [2.45, 2.75) is 65.8 Å². The normalized spacial score (nSPS) is 23.1. The summed E-state index contributed by atoms with van der Waals surface area (Å²) < 4.78 is 5.36. The predicted octanol–water partition coefficient (Wildman–Crippen LogP) is 5.36. The van der Waals surface area contributed by atoms with Gasteiger partial charge in [-0.3, -0.25) is 14.4 Å². The van der Waals surface area contributed by atoms with Gasteiger partial charge >= 0.3 is 5.97 Å². The first-order valence-electron chi connectivity index (χ1n) is 13.0. The van der Waals surface area contributed by atoms with Crippen molar-refractivity contribution in [3.63, 3.8) is 0 Å². The van der Waals surface area contributed by atoms with Crippen molar-refractivity contribution < 1.29 is 19.1 Å². The number of carbonyl (C=O) groups is 3. The number of nitrogens with zero attached hydrogens (tertiary/aromatic N) is 1. The highest BCUT2D eigenvalue weighted by Crippen LogP contribution is 2.55. The minimum atomic E-state index is -0.955. The van der Waals surface area contributed by atoms with Crippen molar-refractivity contribution in [2.75, 3.05) is 13.7 Å². The molecule has 0 saturated carbocycles. The zero-order chi connectivity index (χ0) is 25.9. The molecule has 6 nitrogen and oxygen atoms in total. The van der Waals surface area contributed by atoms with Gasteiger partial charge in [-0.1, -0.05) is 75.7 Å². The third kappa shape index (κ3) is 5.04. The lowest BCUT2D eigenvalue weighted by molar-refractivity contribution is -0.162. The Morgan fingerprint density at radius 1 is 1.14 bits per heavy atom. The topological polar surface area (TPSA) is 75.7 Å². The van der Waals surface area contributed by atoms with Crippen LogP contribution in [0.2, 0.25) is 0 Å². The van der Waals surface area contributed by atoms with Crippen LogP contribution in [0.25, 0.3) is 10.8 Å². The van der Waals surface area contributed by atoms with Gasteiger partial charge < -0.3 is 15.0 Å². The SMILES string of the molecule is CCCCNC(=O)C[C@@H]1C[C@@]2(C(=O)OC)CC(C)(C)CC=C2N(Cc2cccc3ccccc23)C1=O. The number of benzene rings is 2. The fraction of sp³-hybridized carbons (Fsp3) is 0.500. The summed E-state index contributed by atoms with van der Waals surface area (Å²) in [5.41, 5.74) is 0.661. The van der Waals surface area contributed by atoms with Crippen LogP contribution in [-0.2, 0) is 25.7 Å². The van der Waals surface area contributed by atoms with E-state index in [1.165, 1.54) is 7.11 Å². The molecule has 1 aliphatic heterocycles. The lowest BCUT2D eigenvalue weighted by atomic mass is 9.59. The summed E-state index contributed by atoms with van der Waals surface area (Å²) in [4.78, 5) is 42.0. The number of allylic oxidation sites excluding steroid dienone is 1. The molecule has 192 valence electrons. The summed E-state index contributed by atoms with van der Waals surface area (Å²) in [6, 6.07) is 14.2. The molecule has 6 heteroatoms. The number of esters is 1. The molecule has 1 N–H and O–H groups in total. The lowest BCUT2D eigenvalue weighted by Gasteiger charge is -2.51. The van der Waals surface area contributed by atoms with E-state index in [2.05, 4.69) is 50.4 Å². The molecule has 1 fully saturated rings. The summed E-state index contributed by atoms with van der Waals surface area (Å²) in [5, 5.41) is 5.12. The fourth-order valence-electron chi connectivity index (χ4n) is 6.02. The molecule has 2 atom stereocenters. The molecule has 1 heterocycles. The molecule has 0 aromatic heterocycles. The molecule has 1 saturated heterocycles. The molecule has 1 aliphatic carbocycles. The number of rotatable bonds is 8. The van der Waals surface area contributed by atoms with E-state index in [1.807, 2.05) is 24.3 Å². The summed E-state index contributed by atoms with van der Waals surface area (Å²) in [7, 11) is 1.41. The molecule has 2 aromatic rings. The van der Waals surface area contributed by atoms with Gasteiger partial charge in [0.15, 0.2) is 0 Å². The predicted molar refractivity (Wildman–Crippen MR) is 141 cm³/mol. The lowest BCUT2D eigenvalue weighted by Crippen LogP contribution is -2.55. The van der Waals surface area contributed by atoms with E-state index < -0.39 is 11.3 Å². The van der Waals surface area contributed by atoms with Crippen LogP contribution < -0.4 is 5.32 Å². The second-order valence-electron chi connectivity index (χ2n) is 11.1. The van der Waals surface area contributed by atoms with Crippen LogP contribution in [0.5, 0.6) is 0 Å². The van der Waals surface area contributed by atoms with E-state index in [0.717, 1.165) is 41.3 Å². The van der Waals surface area contributed by atoms with Gasteiger partial charge in [-0.2, -0.15) is 0 Å². The Morgan fingerprint density at radius 3 is 2.64 bits per heavy atom. The first kappa shape index (κ1) is 25.9. The number of hydrogen-bond donors (Lipinski definition) is 1. The van der Waals surface area contributed by atoms with Crippen molar-refractivity contribution in [3.8, 4) is 0 Å². The Bertz CT molecular complexity index is 1180. The summed E-state index contributed by atoms with van der Waals surface area (Å²) in [6.45, 7) is 7.29. The number of nitrogens with one attached hydrogen (secondary N) is 1. The summed E-state index contributed by atoms with van der Waals surface area (Å²) in [6.07, 6.45) is 5.64. The Morgan fingerprint density at radius 2 is 1.89 bits per heavy atom. The number of amides is 2. The number of ether oxygens (including phenoxy) is 1. The summed E-state index contributed by atoms with van der Waals surface area (Å²) in [5.74, 6) is -1.16. The monoisotopic (exact) mass is 490 g/mol. The van der Waals surface area contributed by atoms with Gasteiger partial charge in [-0.25, -0.2) is 0 Å². The molecule has 0 radical (unpaired) electrons. The molecule has 4 rings (SSSR count). The van der Waals surface area contributed by atoms with Crippen LogP contribution >= 0.6 is 0 Å². The van der Waals surface area contributed by atoms with Crippen molar-refractivity contribution in [3.05, 3.63) is 59.8 Å². The van der Waals surface area contributed by atoms with Gasteiger partial charge in [0.05, 0.1) is 13.7 Å². The van der Waals surface area contributed by atoms with E-state index in [-0.39, 0.29) is 29.6 Å². The molecule has 0 unspecified atom stereocenters. The number of piperidine rings is 1. The van der Waals surface area contributed by atoms with Crippen molar-refractivity contribution in [1.82, 2.24) is 10.2 Å². The second-order valence-corrected chi connectivity index (χ2v) is 11.1. The number of fused-ring (bicyclic) bond motifs is 2. The molecule has 0 bridgehead atoms. The van der Waals surface area contributed by atoms with Crippen LogP contribution in [0.3, 0.4) is 0 Å². The molecule has 36 heavy (non-hydrogen) atoms. The van der Waals surface area contributed by atoms with Crippen molar-refractivity contribution in [2.24, 2.45) is 16.7 Å². The van der Waals surface area contributed by atoms with E-state index in [9.17, 15) is 14.4 Å². The number of likely N-dealkylation sites (tertiary alicyclic amines) is 1. The first-order chi connectivity index (χ1) is 17.2. The quantitative estimate of drug-likeness (QED) is 0.399. The zero-order valence-electron chi connectivity index (χ0n) is 21.9. The number of methoxy groups -OCH3 is 1. The second kappa shape index (κ2) is 10.5. The number of hydrogen-bond acceptors (Lipinski definition) is 4. The molecule has 2 amide bonds. The van der Waals surface area contributed by atoms with E-state index in [1.54, 1.807) is 4.90 Å². The van der Waals surface area contributed by atoms with Crippen LogP contribution in [-0.4, -0.2) is 36.3 Å². The van der Waals surface area contributed by atoms with Gasteiger partial charge in [-0.05, 0) is 47.4 Å². The molecule has 2 aliphatic rings. The Kier molecular flexibility index (Phi) is 7.53. The van der Waals surface area contributed by atoms with Crippen LogP contribution in [0.4, 0.5) is 0 Å². The maximum absolute atomic E-state index is 14.0. The Balaban J connectivity index is 1.75. The molecular formula is C30H38N2O4. The van der Waals surface area contributed by atoms with Crippen LogP contribution in [0.1, 0.15) is 64.9 Å². The minimum absolute atomic E-state index is 0.0705. The highest BCUT2D eigenvalue weighted by Gasteiger charge is 2.57. The van der Waals surface area contributed by atoms with Crippen molar-refractivity contribution in [1.29, 1.82) is 0 Å². The zero-order valence-corrected chi connectivity index (χ0v) is 21.9. The molecule has 2 aromatic carbocycles. The van der Waals surface area contributed by atoms with Gasteiger partial charge in [0.1, 0.15) is 5.41 Å². The van der Waals surface area contributed by atoms with Gasteiger partial charge in [0.2, 0.25) is 11.8 Å². The fourth-order valence-corrected chi connectivity index (χ4v) is 6.02.